The van der Waals surface area contributed by atoms with Crippen molar-refractivity contribution in [2.24, 2.45) is 0 Å². The Hall–Kier alpha value is -2.55. The summed E-state index contributed by atoms with van der Waals surface area (Å²) in [7, 11) is -7.75. The number of aromatic nitrogens is 5. The Morgan fingerprint density at radius 1 is 1.16 bits per heavy atom. The topological polar surface area (TPSA) is 211 Å². The van der Waals surface area contributed by atoms with Crippen LogP contribution in [0.3, 0.4) is 0 Å². The predicted octanol–water partition coefficient (Wildman–Crippen LogP) is 1.66. The molecule has 0 aromatic carbocycles. The summed E-state index contributed by atoms with van der Waals surface area (Å²) >= 11 is 0. The lowest BCUT2D eigenvalue weighted by atomic mass is 10.2. The molecule has 0 aliphatic carbocycles. The Bertz CT molecular complexity index is 1340. The van der Waals surface area contributed by atoms with E-state index in [1.54, 1.807) is 4.68 Å². The maximum Gasteiger partial charge on any atom is 0.434 e. The molecule has 0 N–H and O–H groups in total. The molecule has 1 fully saturated rings. The number of hydrogen-bond acceptors (Lipinski definition) is 13. The summed E-state index contributed by atoms with van der Waals surface area (Å²) in [5.41, 5.74) is 0.933. The minimum absolute atomic E-state index is 0.00835. The monoisotopic (exact) mass is 667 g/mol. The van der Waals surface area contributed by atoms with Crippen LogP contribution in [0.4, 0.5) is 5.95 Å². The summed E-state index contributed by atoms with van der Waals surface area (Å²) < 4.78 is 73.3. The third kappa shape index (κ3) is 14.0. The highest BCUT2D eigenvalue weighted by Gasteiger charge is 2.27. The van der Waals surface area contributed by atoms with Crippen LogP contribution in [0, 0.1) is 10.1 Å². The molecule has 2 aromatic heterocycles. The summed E-state index contributed by atoms with van der Waals surface area (Å²) in [6.07, 6.45) is 7.51. The lowest BCUT2D eigenvalue weighted by molar-refractivity contribution is -0.936. The summed E-state index contributed by atoms with van der Waals surface area (Å²) in [5, 5.41) is 19.7. The van der Waals surface area contributed by atoms with E-state index in [1.165, 1.54) is 17.0 Å². The van der Waals surface area contributed by atoms with E-state index in [0.29, 0.717) is 38.7 Å². The van der Waals surface area contributed by atoms with Crippen molar-refractivity contribution in [2.45, 2.75) is 84.9 Å². The van der Waals surface area contributed by atoms with Gasteiger partial charge in [-0.25, -0.2) is 13.0 Å². The average molecular weight is 668 g/mol. The fraction of sp³-hybridized carbons (Fsp3) is 0.800. The Balaban J connectivity index is 0.00000125. The van der Waals surface area contributed by atoms with Crippen molar-refractivity contribution in [1.82, 2.24) is 24.5 Å². The summed E-state index contributed by atoms with van der Waals surface area (Å²) in [4.78, 5) is 14.4. The van der Waals surface area contributed by atoms with Crippen molar-refractivity contribution in [1.29, 1.82) is 0 Å². The maximum atomic E-state index is 12.6. The molecular weight excluding hydrogens is 622 g/mol. The molecule has 0 bridgehead atoms. The van der Waals surface area contributed by atoms with Crippen molar-refractivity contribution in [3.05, 3.63) is 34.4 Å². The molecule has 0 saturated carbocycles. The molecule has 2 atom stereocenters. The van der Waals surface area contributed by atoms with Crippen molar-refractivity contribution in [3.63, 3.8) is 0 Å². The molecule has 2 aromatic rings. The number of nitro groups is 1. The number of ether oxygens (including phenoxy) is 2. The first kappa shape index (κ1) is 37.6. The van der Waals surface area contributed by atoms with Crippen LogP contribution in [0.25, 0.3) is 0 Å². The Morgan fingerprint density at radius 3 is 2.43 bits per heavy atom. The number of rotatable bonds is 18. The quantitative estimate of drug-likeness (QED) is 0.0553. The third-order valence-corrected chi connectivity index (χ3v) is 8.58. The zero-order valence-corrected chi connectivity index (χ0v) is 27.4. The zero-order chi connectivity index (χ0) is 32.8. The molecule has 2 unspecified atom stereocenters. The van der Waals surface area contributed by atoms with Gasteiger partial charge in [0.05, 0.1) is 48.3 Å². The fourth-order valence-corrected chi connectivity index (χ4v) is 5.70. The number of quaternary nitrogens is 1. The highest BCUT2D eigenvalue weighted by Crippen LogP contribution is 2.19. The van der Waals surface area contributed by atoms with Crippen molar-refractivity contribution < 1.29 is 44.5 Å². The second kappa shape index (κ2) is 17.8. The van der Waals surface area contributed by atoms with Gasteiger partial charge in [0.1, 0.15) is 37.3 Å². The van der Waals surface area contributed by atoms with E-state index in [2.05, 4.69) is 36.1 Å². The van der Waals surface area contributed by atoms with Crippen LogP contribution in [0.1, 0.15) is 58.6 Å². The SMILES string of the molecule is CC[N+](CC)(CC)Cc1cn(CCCCS(=O)(=O)OCC(Cn2ccnc2[N+](=O)[O-])OC2CCCCO2)nn1.CS(=O)(=O)[O-]. The molecule has 19 heteroatoms. The van der Waals surface area contributed by atoms with E-state index in [4.69, 9.17) is 26.6 Å². The largest absolute Gasteiger partial charge is 0.748 e. The van der Waals surface area contributed by atoms with Gasteiger partial charge in [0.25, 0.3) is 10.1 Å². The fourth-order valence-electron chi connectivity index (χ4n) is 4.66. The molecule has 1 aliphatic heterocycles. The highest BCUT2D eigenvalue weighted by atomic mass is 32.2. The van der Waals surface area contributed by atoms with E-state index >= 15 is 0 Å². The Labute approximate surface area is 259 Å². The molecule has 0 amide bonds. The van der Waals surface area contributed by atoms with E-state index in [1.807, 2.05) is 6.20 Å². The van der Waals surface area contributed by atoms with E-state index < -0.39 is 37.6 Å². The molecule has 252 valence electrons. The molecule has 3 heterocycles. The second-order valence-corrected chi connectivity index (χ2v) is 13.7. The van der Waals surface area contributed by atoms with Gasteiger partial charge in [-0.2, -0.15) is 8.42 Å². The first-order valence-corrected chi connectivity index (χ1v) is 18.0. The van der Waals surface area contributed by atoms with Gasteiger partial charge in [0.2, 0.25) is 0 Å². The van der Waals surface area contributed by atoms with Crippen LogP contribution >= 0.6 is 0 Å². The Morgan fingerprint density at radius 2 is 1.84 bits per heavy atom. The summed E-state index contributed by atoms with van der Waals surface area (Å²) in [6.45, 7) is 11.3. The molecular formula is C25H45N7O10S2. The highest BCUT2D eigenvalue weighted by molar-refractivity contribution is 7.86. The van der Waals surface area contributed by atoms with Gasteiger partial charge < -0.3 is 28.6 Å². The normalized spacial score (nSPS) is 16.7. The number of aryl methyl sites for hydroxylation is 1. The van der Waals surface area contributed by atoms with Crippen LogP contribution in [0.5, 0.6) is 0 Å². The van der Waals surface area contributed by atoms with Gasteiger partial charge in [-0.05, 0) is 57.8 Å². The summed E-state index contributed by atoms with van der Waals surface area (Å²) in [6, 6.07) is 0. The Kier molecular flexibility index (Phi) is 15.2. The molecule has 3 rings (SSSR count). The number of nitrogens with zero attached hydrogens (tertiary/aromatic N) is 7. The van der Waals surface area contributed by atoms with Crippen LogP contribution < -0.4 is 0 Å². The lowest BCUT2D eigenvalue weighted by Crippen LogP contribution is -2.46. The molecule has 0 radical (unpaired) electrons. The third-order valence-electron chi connectivity index (χ3n) is 7.30. The molecule has 17 nitrogen and oxygen atoms in total. The van der Waals surface area contributed by atoms with Crippen LogP contribution in [0.15, 0.2) is 18.6 Å². The molecule has 1 saturated heterocycles. The zero-order valence-electron chi connectivity index (χ0n) is 25.8. The lowest BCUT2D eigenvalue weighted by Gasteiger charge is -2.34. The van der Waals surface area contributed by atoms with Crippen molar-refractivity contribution >= 4 is 26.2 Å². The smallest absolute Gasteiger partial charge is 0.434 e. The minimum atomic E-state index is -3.92. The van der Waals surface area contributed by atoms with Gasteiger partial charge in [0, 0.05) is 19.4 Å². The van der Waals surface area contributed by atoms with Gasteiger partial charge in [-0.15, -0.1) is 5.10 Å². The molecule has 1 aliphatic rings. The second-order valence-electron chi connectivity index (χ2n) is 10.6. The standard InChI is InChI=1S/C24H42N7O7S.CH4O3S/c1-4-31(5-2,6-3)19-21-17-29(27-26-21)13-8-10-16-39(34,35)37-20-22(38-23-11-7-9-15-36-23)18-28-14-12-25-24(28)30(32)33;1-5(2,3)4/h12,14,17,22-23H,4-11,13,15-16,18-20H2,1-3H3;1H3,(H,2,3,4)/q+1;/p-1. The van der Waals surface area contributed by atoms with Crippen LogP contribution in [0.2, 0.25) is 0 Å². The van der Waals surface area contributed by atoms with Crippen molar-refractivity contribution in [2.75, 3.05) is 44.9 Å². The minimum Gasteiger partial charge on any atom is -0.748 e. The molecule has 0 spiro atoms. The average Bonchev–Trinajstić information content (AvgIpc) is 3.62. The predicted molar refractivity (Wildman–Crippen MR) is 158 cm³/mol. The first-order chi connectivity index (χ1) is 20.7. The van der Waals surface area contributed by atoms with Gasteiger partial charge in [-0.1, -0.05) is 10.2 Å². The van der Waals surface area contributed by atoms with Gasteiger partial charge in [-0.3, -0.25) is 8.86 Å². The summed E-state index contributed by atoms with van der Waals surface area (Å²) in [5.74, 6) is -0.510. The van der Waals surface area contributed by atoms with E-state index in [-0.39, 0.29) is 24.9 Å². The number of imidazole rings is 1. The molecule has 44 heavy (non-hydrogen) atoms. The van der Waals surface area contributed by atoms with E-state index in [9.17, 15) is 18.5 Å². The maximum absolute atomic E-state index is 12.6. The van der Waals surface area contributed by atoms with E-state index in [0.717, 1.165) is 49.2 Å². The van der Waals surface area contributed by atoms with Gasteiger partial charge in [0.15, 0.2) is 6.29 Å². The van der Waals surface area contributed by atoms with Crippen LogP contribution in [-0.4, -0.2) is 113 Å². The first-order valence-electron chi connectivity index (χ1n) is 14.6. The van der Waals surface area contributed by atoms with Crippen molar-refractivity contribution in [3.8, 4) is 0 Å². The number of hydrogen-bond donors (Lipinski definition) is 0. The van der Waals surface area contributed by atoms with Crippen LogP contribution in [-0.2, 0) is 53.5 Å². The number of unbranched alkanes of at least 4 members (excludes halogenated alkanes) is 1. The van der Waals surface area contributed by atoms with Gasteiger partial charge >= 0.3 is 5.95 Å².